The van der Waals surface area contributed by atoms with Gasteiger partial charge in [0.1, 0.15) is 11.6 Å². The second kappa shape index (κ2) is 9.00. The van der Waals surface area contributed by atoms with E-state index in [1.807, 2.05) is 24.3 Å². The van der Waals surface area contributed by atoms with Crippen molar-refractivity contribution < 1.29 is 4.79 Å². The summed E-state index contributed by atoms with van der Waals surface area (Å²) in [7, 11) is 0. The summed E-state index contributed by atoms with van der Waals surface area (Å²) in [6, 6.07) is 7.56. The molecule has 1 aliphatic rings. The smallest absolute Gasteiger partial charge is 0.223 e. The molecule has 7 nitrogen and oxygen atoms in total. The van der Waals surface area contributed by atoms with Crippen molar-refractivity contribution in [2.45, 2.75) is 45.4 Å². The molecule has 0 unspecified atom stereocenters. The lowest BCUT2D eigenvalue weighted by Crippen LogP contribution is -2.33. The number of nitrogens with zero attached hydrogens (tertiary/aromatic N) is 4. The summed E-state index contributed by atoms with van der Waals surface area (Å²) in [4.78, 5) is 21.7. The minimum atomic E-state index is 0.159. The molecule has 158 valence electrons. The number of rotatable bonds is 7. The molecular formula is C22H27ClN6O. The lowest BCUT2D eigenvalue weighted by atomic mass is 10.1. The first kappa shape index (κ1) is 20.6. The zero-order valence-corrected chi connectivity index (χ0v) is 18.1. The number of benzene rings is 1. The summed E-state index contributed by atoms with van der Waals surface area (Å²) in [5, 5.41) is 12.3. The number of hydrogen-bond donors (Lipinski definition) is 2. The van der Waals surface area contributed by atoms with Crippen LogP contribution in [0.3, 0.4) is 0 Å². The number of nitrogens with one attached hydrogen (secondary N) is 2. The molecule has 0 bridgehead atoms. The minimum absolute atomic E-state index is 0.159. The van der Waals surface area contributed by atoms with Crippen LogP contribution in [0.4, 0.5) is 5.82 Å². The van der Waals surface area contributed by atoms with Crippen molar-refractivity contribution in [3.8, 4) is 5.69 Å². The normalized spacial score (nSPS) is 14.5. The third-order valence-corrected chi connectivity index (χ3v) is 5.81. The molecule has 4 rings (SSSR count). The number of fused-ring (bicyclic) bond motifs is 1. The maximum Gasteiger partial charge on any atom is 0.223 e. The molecule has 1 fully saturated rings. The lowest BCUT2D eigenvalue weighted by Gasteiger charge is -2.13. The van der Waals surface area contributed by atoms with E-state index in [0.29, 0.717) is 23.8 Å². The van der Waals surface area contributed by atoms with Crippen LogP contribution in [0.5, 0.6) is 0 Å². The van der Waals surface area contributed by atoms with Gasteiger partial charge in [0, 0.05) is 24.9 Å². The van der Waals surface area contributed by atoms with Crippen LogP contribution in [-0.4, -0.2) is 38.7 Å². The summed E-state index contributed by atoms with van der Waals surface area (Å²) >= 11 is 6.38. The number of halogens is 1. The first-order chi connectivity index (χ1) is 14.5. The molecule has 1 aromatic carbocycles. The number of amides is 1. The molecule has 0 aliphatic heterocycles. The molecule has 2 heterocycles. The molecule has 0 atom stereocenters. The van der Waals surface area contributed by atoms with E-state index < -0.39 is 0 Å². The summed E-state index contributed by atoms with van der Waals surface area (Å²) in [5.74, 6) is 1.95. The SMILES string of the molecule is CC(C)c1nc(NCCNC(=O)C2CCCC2)c2cnn(-c3ccccc3Cl)c2n1. The summed E-state index contributed by atoms with van der Waals surface area (Å²) < 4.78 is 1.75. The van der Waals surface area contributed by atoms with Crippen LogP contribution in [0.2, 0.25) is 5.02 Å². The van der Waals surface area contributed by atoms with Gasteiger partial charge in [-0.05, 0) is 25.0 Å². The predicted molar refractivity (Wildman–Crippen MR) is 119 cm³/mol. The minimum Gasteiger partial charge on any atom is -0.368 e. The highest BCUT2D eigenvalue weighted by molar-refractivity contribution is 6.32. The van der Waals surface area contributed by atoms with E-state index in [9.17, 15) is 4.79 Å². The number of para-hydroxylation sites is 1. The monoisotopic (exact) mass is 426 g/mol. The summed E-state index contributed by atoms with van der Waals surface area (Å²) in [5.41, 5.74) is 1.48. The van der Waals surface area contributed by atoms with Gasteiger partial charge in [-0.3, -0.25) is 4.79 Å². The molecule has 2 N–H and O–H groups in total. The predicted octanol–water partition coefficient (Wildman–Crippen LogP) is 4.31. The first-order valence-electron chi connectivity index (χ1n) is 10.6. The van der Waals surface area contributed by atoms with Crippen LogP contribution in [-0.2, 0) is 4.79 Å². The van der Waals surface area contributed by atoms with E-state index >= 15 is 0 Å². The fraction of sp³-hybridized carbons (Fsp3) is 0.455. The zero-order chi connectivity index (χ0) is 21.1. The maximum absolute atomic E-state index is 12.2. The van der Waals surface area contributed by atoms with Gasteiger partial charge in [-0.2, -0.15) is 5.10 Å². The molecule has 1 aliphatic carbocycles. The van der Waals surface area contributed by atoms with Crippen LogP contribution < -0.4 is 10.6 Å². The van der Waals surface area contributed by atoms with Gasteiger partial charge in [-0.25, -0.2) is 14.6 Å². The first-order valence-corrected chi connectivity index (χ1v) is 10.9. The Balaban J connectivity index is 1.55. The van der Waals surface area contributed by atoms with Crippen molar-refractivity contribution in [1.82, 2.24) is 25.1 Å². The van der Waals surface area contributed by atoms with Crippen LogP contribution in [0.25, 0.3) is 16.7 Å². The van der Waals surface area contributed by atoms with Gasteiger partial charge in [0.05, 0.1) is 22.3 Å². The Morgan fingerprint density at radius 1 is 1.20 bits per heavy atom. The standard InChI is InChI=1S/C22H27ClN6O/c1-14(2)19-27-20(24-11-12-25-22(30)15-7-3-4-8-15)16-13-26-29(21(16)28-19)18-10-6-5-9-17(18)23/h5-6,9-10,13-15H,3-4,7-8,11-12H2,1-2H3,(H,25,30)(H,24,27,28). The van der Waals surface area contributed by atoms with E-state index in [4.69, 9.17) is 21.6 Å². The van der Waals surface area contributed by atoms with Crippen LogP contribution >= 0.6 is 11.6 Å². The van der Waals surface area contributed by atoms with E-state index in [-0.39, 0.29) is 17.7 Å². The van der Waals surface area contributed by atoms with Gasteiger partial charge in [0.25, 0.3) is 0 Å². The Bertz CT molecular complexity index is 1040. The van der Waals surface area contributed by atoms with Crippen LogP contribution in [0.15, 0.2) is 30.5 Å². The topological polar surface area (TPSA) is 84.7 Å². The van der Waals surface area contributed by atoms with Gasteiger partial charge in [0.15, 0.2) is 5.65 Å². The molecule has 1 saturated carbocycles. The Kier molecular flexibility index (Phi) is 6.18. The third-order valence-electron chi connectivity index (χ3n) is 5.49. The third kappa shape index (κ3) is 4.26. The number of aromatic nitrogens is 4. The number of carbonyl (C=O) groups excluding carboxylic acids is 1. The van der Waals surface area contributed by atoms with E-state index in [0.717, 1.165) is 48.4 Å². The van der Waals surface area contributed by atoms with Gasteiger partial charge in [0.2, 0.25) is 5.91 Å². The Morgan fingerprint density at radius 2 is 1.97 bits per heavy atom. The maximum atomic E-state index is 12.2. The molecular weight excluding hydrogens is 400 g/mol. The molecule has 0 saturated heterocycles. The van der Waals surface area contributed by atoms with Crippen LogP contribution in [0, 0.1) is 5.92 Å². The average molecular weight is 427 g/mol. The van der Waals surface area contributed by atoms with Crippen molar-refractivity contribution in [3.05, 3.63) is 41.3 Å². The Hall–Kier alpha value is -2.67. The van der Waals surface area contributed by atoms with Crippen molar-refractivity contribution in [3.63, 3.8) is 0 Å². The molecule has 2 aromatic heterocycles. The lowest BCUT2D eigenvalue weighted by molar-refractivity contribution is -0.124. The van der Waals surface area contributed by atoms with Crippen molar-refractivity contribution in [2.75, 3.05) is 18.4 Å². The van der Waals surface area contributed by atoms with E-state index in [1.165, 1.54) is 0 Å². The number of carbonyl (C=O) groups is 1. The largest absolute Gasteiger partial charge is 0.368 e. The molecule has 8 heteroatoms. The number of anilines is 1. The second-order valence-electron chi connectivity index (χ2n) is 8.03. The van der Waals surface area contributed by atoms with Gasteiger partial charge >= 0.3 is 0 Å². The highest BCUT2D eigenvalue weighted by Crippen LogP contribution is 2.28. The molecule has 1 amide bonds. The van der Waals surface area contributed by atoms with Gasteiger partial charge < -0.3 is 10.6 Å². The molecule has 30 heavy (non-hydrogen) atoms. The Morgan fingerprint density at radius 3 is 2.70 bits per heavy atom. The highest BCUT2D eigenvalue weighted by Gasteiger charge is 2.22. The van der Waals surface area contributed by atoms with Gasteiger partial charge in [-0.1, -0.05) is 50.4 Å². The van der Waals surface area contributed by atoms with Crippen LogP contribution in [0.1, 0.15) is 51.3 Å². The second-order valence-corrected chi connectivity index (χ2v) is 8.44. The quantitative estimate of drug-likeness (QED) is 0.550. The Labute approximate surface area is 181 Å². The summed E-state index contributed by atoms with van der Waals surface area (Å²) in [6.45, 7) is 5.25. The van der Waals surface area contributed by atoms with Crippen molar-refractivity contribution in [1.29, 1.82) is 0 Å². The van der Waals surface area contributed by atoms with E-state index in [2.05, 4.69) is 29.6 Å². The zero-order valence-electron chi connectivity index (χ0n) is 17.4. The van der Waals surface area contributed by atoms with Crippen molar-refractivity contribution in [2.24, 2.45) is 5.92 Å². The highest BCUT2D eigenvalue weighted by atomic mass is 35.5. The fourth-order valence-electron chi connectivity index (χ4n) is 3.82. The molecule has 0 radical (unpaired) electrons. The van der Waals surface area contributed by atoms with E-state index in [1.54, 1.807) is 10.9 Å². The van der Waals surface area contributed by atoms with Gasteiger partial charge in [-0.15, -0.1) is 0 Å². The average Bonchev–Trinajstić information content (AvgIpc) is 3.41. The van der Waals surface area contributed by atoms with Crippen molar-refractivity contribution >= 4 is 34.4 Å². The molecule has 3 aromatic rings. The summed E-state index contributed by atoms with van der Waals surface area (Å²) in [6.07, 6.45) is 6.07. The fourth-order valence-corrected chi connectivity index (χ4v) is 4.03. The number of hydrogen-bond acceptors (Lipinski definition) is 5. The molecule has 0 spiro atoms.